The smallest absolute Gasteiger partial charge is 0.128 e. The van der Waals surface area contributed by atoms with E-state index in [-0.39, 0.29) is 6.17 Å². The van der Waals surface area contributed by atoms with E-state index in [2.05, 4.69) is 70.2 Å². The largest absolute Gasteiger partial charge is 0.351 e. The van der Waals surface area contributed by atoms with Crippen LogP contribution in [0.4, 0.5) is 0 Å². The molecule has 0 bridgehead atoms. The topological polar surface area (TPSA) is 32.6 Å². The number of aliphatic imine (C=N–C) groups is 1. The van der Waals surface area contributed by atoms with Crippen molar-refractivity contribution in [3.63, 3.8) is 0 Å². The summed E-state index contributed by atoms with van der Waals surface area (Å²) < 4.78 is 2.21. The Balaban J connectivity index is 2.16. The zero-order chi connectivity index (χ0) is 14.3. The molecule has 0 spiro atoms. The Morgan fingerprint density at radius 2 is 2.00 bits per heavy atom. The van der Waals surface area contributed by atoms with Gasteiger partial charge in [0.15, 0.2) is 0 Å². The van der Waals surface area contributed by atoms with Crippen LogP contribution in [0.25, 0.3) is 16.7 Å². The Morgan fingerprint density at radius 1 is 1.25 bits per heavy atom. The number of nitrogens with zero attached hydrogens (tertiary/aromatic N) is 3. The molecule has 4 heteroatoms. The molecule has 1 atom stereocenters. The van der Waals surface area contributed by atoms with Crippen LogP contribution in [-0.4, -0.2) is 35.6 Å². The van der Waals surface area contributed by atoms with Gasteiger partial charge in [-0.2, -0.15) is 0 Å². The first-order valence-corrected chi connectivity index (χ1v) is 6.86. The number of hydrogen-bond donors (Lipinski definition) is 1. The van der Waals surface area contributed by atoms with Gasteiger partial charge in [-0.25, -0.2) is 0 Å². The molecule has 3 rings (SSSR count). The number of fused-ring (bicyclic) bond motifs is 1. The fraction of sp³-hybridized carbons (Fsp3) is 0.312. The molecule has 1 unspecified atom stereocenters. The molecule has 1 aliphatic heterocycles. The van der Waals surface area contributed by atoms with Gasteiger partial charge in [-0.15, -0.1) is 0 Å². The lowest BCUT2D eigenvalue weighted by Gasteiger charge is -2.34. The van der Waals surface area contributed by atoms with E-state index >= 15 is 0 Å². The highest BCUT2D eigenvalue weighted by Gasteiger charge is 2.21. The van der Waals surface area contributed by atoms with Gasteiger partial charge in [0.05, 0.1) is 11.7 Å². The van der Waals surface area contributed by atoms with Crippen LogP contribution in [0.15, 0.2) is 41.5 Å². The quantitative estimate of drug-likeness (QED) is 0.862. The van der Waals surface area contributed by atoms with Crippen molar-refractivity contribution in [2.75, 3.05) is 14.1 Å². The lowest BCUT2D eigenvalue weighted by atomic mass is 10.2. The minimum Gasteiger partial charge on any atom is -0.351 e. The zero-order valence-electron chi connectivity index (χ0n) is 12.4. The van der Waals surface area contributed by atoms with Crippen molar-refractivity contribution in [3.05, 3.63) is 42.1 Å². The highest BCUT2D eigenvalue weighted by Crippen LogP contribution is 2.24. The molecule has 0 saturated carbocycles. The zero-order valence-corrected chi connectivity index (χ0v) is 12.4. The molecular weight excluding hydrogens is 248 g/mol. The lowest BCUT2D eigenvalue weighted by Crippen LogP contribution is -2.47. The molecule has 1 aromatic heterocycles. The summed E-state index contributed by atoms with van der Waals surface area (Å²) in [7, 11) is 3.88. The van der Waals surface area contributed by atoms with E-state index in [0.29, 0.717) is 0 Å². The summed E-state index contributed by atoms with van der Waals surface area (Å²) in [6, 6.07) is 8.47. The lowest BCUT2D eigenvalue weighted by molar-refractivity contribution is 0.353. The molecule has 0 amide bonds. The fourth-order valence-corrected chi connectivity index (χ4v) is 2.69. The summed E-state index contributed by atoms with van der Waals surface area (Å²) >= 11 is 0. The third-order valence-corrected chi connectivity index (χ3v) is 3.96. The van der Waals surface area contributed by atoms with E-state index in [1.165, 1.54) is 16.5 Å². The molecule has 0 aliphatic carbocycles. The number of aromatic nitrogens is 1. The maximum absolute atomic E-state index is 4.35. The highest BCUT2D eigenvalue weighted by molar-refractivity contribution is 5.99. The molecule has 1 N–H and O–H groups in total. The van der Waals surface area contributed by atoms with Crippen LogP contribution >= 0.6 is 0 Å². The van der Waals surface area contributed by atoms with E-state index in [1.54, 1.807) is 0 Å². The van der Waals surface area contributed by atoms with E-state index < -0.39 is 0 Å². The fourth-order valence-electron chi connectivity index (χ4n) is 2.69. The number of likely N-dealkylation sites (N-methyl/N-ethyl adjacent to an activating group) is 1. The second-order valence-electron chi connectivity index (χ2n) is 5.24. The predicted octanol–water partition coefficient (Wildman–Crippen LogP) is 2.66. The van der Waals surface area contributed by atoms with E-state index in [0.717, 1.165) is 11.7 Å². The van der Waals surface area contributed by atoms with E-state index in [9.17, 15) is 0 Å². The molecule has 2 aromatic rings. The molecule has 1 aliphatic rings. The van der Waals surface area contributed by atoms with Crippen molar-refractivity contribution in [2.45, 2.75) is 20.0 Å². The number of rotatable bonds is 1. The van der Waals surface area contributed by atoms with Crippen LogP contribution in [0.3, 0.4) is 0 Å². The summed E-state index contributed by atoms with van der Waals surface area (Å²) in [4.78, 5) is 6.48. The number of benzene rings is 1. The molecule has 4 nitrogen and oxygen atoms in total. The van der Waals surface area contributed by atoms with Gasteiger partial charge in [-0.05, 0) is 25.5 Å². The monoisotopic (exact) mass is 268 g/mol. The summed E-state index contributed by atoms with van der Waals surface area (Å²) in [5.41, 5.74) is 2.50. The third-order valence-electron chi connectivity index (χ3n) is 3.96. The van der Waals surface area contributed by atoms with Crippen molar-refractivity contribution >= 4 is 22.6 Å². The van der Waals surface area contributed by atoms with Crippen LogP contribution in [0.1, 0.15) is 12.5 Å². The summed E-state index contributed by atoms with van der Waals surface area (Å²) in [5.74, 6) is 2.06. The summed E-state index contributed by atoms with van der Waals surface area (Å²) in [6.45, 7) is 4.28. The van der Waals surface area contributed by atoms with Crippen molar-refractivity contribution in [2.24, 2.45) is 4.99 Å². The number of amidine groups is 1. The Labute approximate surface area is 119 Å². The van der Waals surface area contributed by atoms with Crippen LogP contribution in [0, 0.1) is 6.92 Å². The van der Waals surface area contributed by atoms with Crippen molar-refractivity contribution < 1.29 is 0 Å². The van der Waals surface area contributed by atoms with E-state index in [4.69, 9.17) is 0 Å². The first-order chi connectivity index (χ1) is 9.61. The SMILES string of the molecule is CN=C1C=C(n2cc(C)c3ccccc32)NC(C)N1C. The van der Waals surface area contributed by atoms with Gasteiger partial charge in [0, 0.05) is 31.8 Å². The van der Waals surface area contributed by atoms with Crippen LogP contribution in [0.2, 0.25) is 0 Å². The average molecular weight is 268 g/mol. The van der Waals surface area contributed by atoms with E-state index in [1.807, 2.05) is 14.1 Å². The van der Waals surface area contributed by atoms with Gasteiger partial charge < -0.3 is 14.8 Å². The number of nitrogens with one attached hydrogen (secondary N) is 1. The molecule has 0 fully saturated rings. The number of para-hydroxylation sites is 1. The number of hydrogen-bond acceptors (Lipinski definition) is 2. The minimum absolute atomic E-state index is 0.218. The van der Waals surface area contributed by atoms with Crippen molar-refractivity contribution in [3.8, 4) is 0 Å². The van der Waals surface area contributed by atoms with Gasteiger partial charge in [0.2, 0.25) is 0 Å². The molecule has 2 heterocycles. The number of aryl methyl sites for hydroxylation is 1. The molecule has 104 valence electrons. The van der Waals surface area contributed by atoms with Gasteiger partial charge in [0.25, 0.3) is 0 Å². The average Bonchev–Trinajstić information content (AvgIpc) is 2.80. The summed E-state index contributed by atoms with van der Waals surface area (Å²) in [5, 5.41) is 4.81. The van der Waals surface area contributed by atoms with Gasteiger partial charge in [-0.3, -0.25) is 4.99 Å². The normalized spacial score (nSPS) is 21.2. The Bertz CT molecular complexity index is 708. The van der Waals surface area contributed by atoms with Crippen LogP contribution < -0.4 is 5.32 Å². The first-order valence-electron chi connectivity index (χ1n) is 6.86. The minimum atomic E-state index is 0.218. The first kappa shape index (κ1) is 12.8. The standard InChI is InChI=1S/C16H20N4/c1-11-10-20(14-8-6-5-7-13(11)14)16-9-15(17-3)19(4)12(2)18-16/h5-10,12,18H,1-4H3. The maximum Gasteiger partial charge on any atom is 0.128 e. The molecule has 20 heavy (non-hydrogen) atoms. The Hall–Kier alpha value is -2.23. The second kappa shape index (κ2) is 4.71. The van der Waals surface area contributed by atoms with Crippen molar-refractivity contribution in [1.82, 2.24) is 14.8 Å². The molecule has 0 radical (unpaired) electrons. The maximum atomic E-state index is 4.35. The molecule has 0 saturated heterocycles. The Kier molecular flexibility index (Phi) is 3.01. The van der Waals surface area contributed by atoms with Gasteiger partial charge >= 0.3 is 0 Å². The second-order valence-corrected chi connectivity index (χ2v) is 5.24. The highest BCUT2D eigenvalue weighted by atomic mass is 15.3. The molecular formula is C16H20N4. The van der Waals surface area contributed by atoms with Crippen LogP contribution in [0.5, 0.6) is 0 Å². The van der Waals surface area contributed by atoms with Crippen LogP contribution in [-0.2, 0) is 0 Å². The van der Waals surface area contributed by atoms with Crippen molar-refractivity contribution in [1.29, 1.82) is 0 Å². The third kappa shape index (κ3) is 1.88. The van der Waals surface area contributed by atoms with Gasteiger partial charge in [0.1, 0.15) is 11.7 Å². The summed E-state index contributed by atoms with van der Waals surface area (Å²) in [6.07, 6.45) is 4.48. The molecule has 1 aromatic carbocycles. The van der Waals surface area contributed by atoms with Gasteiger partial charge in [-0.1, -0.05) is 18.2 Å². The Morgan fingerprint density at radius 3 is 2.75 bits per heavy atom. The predicted molar refractivity (Wildman–Crippen MR) is 84.7 cm³/mol.